The molecule has 0 fully saturated rings. The zero-order valence-electron chi connectivity index (χ0n) is 17.9. The summed E-state index contributed by atoms with van der Waals surface area (Å²) in [5.41, 5.74) is 3.26. The molecule has 2 rings (SSSR count). The number of sulfonamides is 1. The SMILES string of the molecule is Cc1ccc(C)c(NS(=O)(=O)c2cc(C(=O)NCCSC(C)(C)C)ccc2C)c1. The molecule has 0 aliphatic heterocycles. The van der Waals surface area contributed by atoms with Gasteiger partial charge in [0.15, 0.2) is 0 Å². The van der Waals surface area contributed by atoms with Crippen LogP contribution in [-0.2, 0) is 10.0 Å². The van der Waals surface area contributed by atoms with Gasteiger partial charge in [-0.1, -0.05) is 39.0 Å². The molecule has 2 aromatic rings. The Kier molecular flexibility index (Phi) is 7.40. The van der Waals surface area contributed by atoms with Crippen molar-refractivity contribution < 1.29 is 13.2 Å². The van der Waals surface area contributed by atoms with Gasteiger partial charge in [-0.2, -0.15) is 11.8 Å². The number of nitrogens with one attached hydrogen (secondary N) is 2. The summed E-state index contributed by atoms with van der Waals surface area (Å²) in [7, 11) is -3.82. The Morgan fingerprint density at radius 3 is 2.31 bits per heavy atom. The van der Waals surface area contributed by atoms with Gasteiger partial charge in [-0.05, 0) is 55.7 Å². The molecule has 2 aromatic carbocycles. The van der Waals surface area contributed by atoms with E-state index < -0.39 is 10.0 Å². The highest BCUT2D eigenvalue weighted by atomic mass is 32.2. The summed E-state index contributed by atoms with van der Waals surface area (Å²) in [4.78, 5) is 12.6. The molecule has 0 saturated carbocycles. The number of benzene rings is 2. The summed E-state index contributed by atoms with van der Waals surface area (Å²) in [5.74, 6) is 0.517. The number of hydrogen-bond acceptors (Lipinski definition) is 4. The van der Waals surface area contributed by atoms with Crippen LogP contribution in [0.25, 0.3) is 0 Å². The van der Waals surface area contributed by atoms with Crippen LogP contribution in [0.2, 0.25) is 0 Å². The molecule has 29 heavy (non-hydrogen) atoms. The van der Waals surface area contributed by atoms with E-state index in [1.807, 2.05) is 26.0 Å². The van der Waals surface area contributed by atoms with Crippen LogP contribution in [0.1, 0.15) is 47.8 Å². The molecule has 0 atom stereocenters. The van der Waals surface area contributed by atoms with Crippen molar-refractivity contribution in [3.05, 3.63) is 58.7 Å². The Balaban J connectivity index is 2.19. The number of anilines is 1. The van der Waals surface area contributed by atoms with Crippen LogP contribution in [-0.4, -0.2) is 31.4 Å². The van der Waals surface area contributed by atoms with Crippen molar-refractivity contribution >= 4 is 33.4 Å². The van der Waals surface area contributed by atoms with Crippen LogP contribution in [0.15, 0.2) is 41.3 Å². The van der Waals surface area contributed by atoms with Gasteiger partial charge < -0.3 is 5.32 Å². The van der Waals surface area contributed by atoms with Gasteiger partial charge >= 0.3 is 0 Å². The van der Waals surface area contributed by atoms with Gasteiger partial charge in [-0.25, -0.2) is 8.42 Å². The van der Waals surface area contributed by atoms with Gasteiger partial charge in [0.2, 0.25) is 0 Å². The highest BCUT2D eigenvalue weighted by molar-refractivity contribution is 8.00. The van der Waals surface area contributed by atoms with E-state index >= 15 is 0 Å². The highest BCUT2D eigenvalue weighted by Gasteiger charge is 2.20. The standard InChI is InChI=1S/C22H30N2O3S2/c1-15-7-8-16(2)19(13-15)24-29(26,27)20-14-18(10-9-17(20)3)21(25)23-11-12-28-22(4,5)6/h7-10,13-14,24H,11-12H2,1-6H3,(H,23,25). The van der Waals surface area contributed by atoms with Gasteiger partial charge in [-0.15, -0.1) is 0 Å². The lowest BCUT2D eigenvalue weighted by Gasteiger charge is -2.17. The summed E-state index contributed by atoms with van der Waals surface area (Å²) in [6, 6.07) is 10.4. The van der Waals surface area contributed by atoms with Crippen molar-refractivity contribution in [1.29, 1.82) is 0 Å². The lowest BCUT2D eigenvalue weighted by molar-refractivity contribution is 0.0956. The highest BCUT2D eigenvalue weighted by Crippen LogP contribution is 2.24. The average Bonchev–Trinajstić information content (AvgIpc) is 2.61. The minimum atomic E-state index is -3.82. The number of hydrogen-bond donors (Lipinski definition) is 2. The predicted octanol–water partition coefficient (Wildman–Crippen LogP) is 4.67. The minimum absolute atomic E-state index is 0.107. The van der Waals surface area contributed by atoms with Crippen LogP contribution in [0.3, 0.4) is 0 Å². The second-order valence-corrected chi connectivity index (χ2v) is 11.7. The van der Waals surface area contributed by atoms with Crippen molar-refractivity contribution in [2.75, 3.05) is 17.0 Å². The summed E-state index contributed by atoms with van der Waals surface area (Å²) in [6.45, 7) is 12.4. The van der Waals surface area contributed by atoms with Crippen LogP contribution < -0.4 is 10.0 Å². The summed E-state index contributed by atoms with van der Waals surface area (Å²) in [5, 5.41) is 2.86. The van der Waals surface area contributed by atoms with Gasteiger partial charge in [0.25, 0.3) is 15.9 Å². The first-order valence-corrected chi connectivity index (χ1v) is 12.0. The molecule has 1 amide bonds. The lowest BCUT2D eigenvalue weighted by atomic mass is 10.1. The first kappa shape index (κ1) is 23.3. The molecule has 158 valence electrons. The number of rotatable bonds is 7. The predicted molar refractivity (Wildman–Crippen MR) is 122 cm³/mol. The first-order chi connectivity index (χ1) is 13.4. The third-order valence-electron chi connectivity index (χ3n) is 4.30. The summed E-state index contributed by atoms with van der Waals surface area (Å²) in [6.07, 6.45) is 0. The third kappa shape index (κ3) is 6.78. The molecule has 7 heteroatoms. The van der Waals surface area contributed by atoms with Gasteiger partial charge in [0.05, 0.1) is 10.6 Å². The second kappa shape index (κ2) is 9.22. The normalized spacial score (nSPS) is 11.9. The smallest absolute Gasteiger partial charge is 0.262 e. The molecule has 0 aromatic heterocycles. The molecular formula is C22H30N2O3S2. The quantitative estimate of drug-likeness (QED) is 0.621. The van der Waals surface area contributed by atoms with Gasteiger partial charge in [0, 0.05) is 22.6 Å². The maximum atomic E-state index is 13.0. The Hall–Kier alpha value is -1.99. The Bertz CT molecular complexity index is 994. The number of carbonyl (C=O) groups excluding carboxylic acids is 1. The molecule has 0 aliphatic carbocycles. The third-order valence-corrected chi connectivity index (χ3v) is 7.08. The molecule has 0 heterocycles. The van der Waals surface area contributed by atoms with Crippen LogP contribution >= 0.6 is 11.8 Å². The Morgan fingerprint density at radius 1 is 1.00 bits per heavy atom. The van der Waals surface area contributed by atoms with Crippen molar-refractivity contribution in [2.45, 2.75) is 51.2 Å². The van der Waals surface area contributed by atoms with Gasteiger partial charge in [-0.3, -0.25) is 9.52 Å². The number of thioether (sulfide) groups is 1. The van der Waals surface area contributed by atoms with Crippen molar-refractivity contribution in [3.63, 3.8) is 0 Å². The second-order valence-electron chi connectivity index (χ2n) is 8.12. The fourth-order valence-electron chi connectivity index (χ4n) is 2.70. The number of amides is 1. The van der Waals surface area contributed by atoms with E-state index in [1.165, 1.54) is 6.07 Å². The van der Waals surface area contributed by atoms with E-state index in [9.17, 15) is 13.2 Å². The van der Waals surface area contributed by atoms with Crippen LogP contribution in [0.4, 0.5) is 5.69 Å². The molecule has 0 unspecified atom stereocenters. The van der Waals surface area contributed by atoms with Crippen LogP contribution in [0, 0.1) is 20.8 Å². The van der Waals surface area contributed by atoms with Crippen LogP contribution in [0.5, 0.6) is 0 Å². The topological polar surface area (TPSA) is 75.3 Å². The van der Waals surface area contributed by atoms with E-state index in [1.54, 1.807) is 36.9 Å². The van der Waals surface area contributed by atoms with E-state index in [-0.39, 0.29) is 15.5 Å². The number of carbonyl (C=O) groups is 1. The summed E-state index contributed by atoms with van der Waals surface area (Å²) >= 11 is 1.76. The molecule has 0 aliphatic rings. The zero-order chi connectivity index (χ0) is 21.8. The van der Waals surface area contributed by atoms with E-state index in [4.69, 9.17) is 0 Å². The van der Waals surface area contributed by atoms with E-state index in [2.05, 4.69) is 30.8 Å². The van der Waals surface area contributed by atoms with Crippen molar-refractivity contribution in [2.24, 2.45) is 0 Å². The molecule has 0 bridgehead atoms. The number of aryl methyl sites for hydroxylation is 3. The fraction of sp³-hybridized carbons (Fsp3) is 0.409. The van der Waals surface area contributed by atoms with E-state index in [0.29, 0.717) is 23.4 Å². The average molecular weight is 435 g/mol. The van der Waals surface area contributed by atoms with Crippen molar-refractivity contribution in [3.8, 4) is 0 Å². The zero-order valence-corrected chi connectivity index (χ0v) is 19.6. The maximum absolute atomic E-state index is 13.0. The molecule has 0 radical (unpaired) electrons. The molecule has 0 spiro atoms. The first-order valence-electron chi connectivity index (χ1n) is 9.52. The molecular weight excluding hydrogens is 404 g/mol. The Labute approximate surface area is 178 Å². The van der Waals surface area contributed by atoms with Gasteiger partial charge in [0.1, 0.15) is 0 Å². The lowest BCUT2D eigenvalue weighted by Crippen LogP contribution is -2.27. The molecule has 5 nitrogen and oxygen atoms in total. The Morgan fingerprint density at radius 2 is 1.66 bits per heavy atom. The summed E-state index contributed by atoms with van der Waals surface area (Å²) < 4.78 is 28.8. The van der Waals surface area contributed by atoms with E-state index in [0.717, 1.165) is 16.9 Å². The largest absolute Gasteiger partial charge is 0.351 e. The minimum Gasteiger partial charge on any atom is -0.351 e. The van der Waals surface area contributed by atoms with Crippen molar-refractivity contribution in [1.82, 2.24) is 5.32 Å². The molecule has 0 saturated heterocycles. The fourth-order valence-corrected chi connectivity index (χ4v) is 4.91. The molecule has 2 N–H and O–H groups in total. The maximum Gasteiger partial charge on any atom is 0.262 e. The monoisotopic (exact) mass is 434 g/mol.